The SMILES string of the molecule is COc1cc(NC(=O)c2ccc3c(c2)C(=O)N(C)C3=O)c(C(=O)N(C)C)cc1OC. The highest BCUT2D eigenvalue weighted by Gasteiger charge is 2.33. The number of amides is 4. The summed E-state index contributed by atoms with van der Waals surface area (Å²) in [5.41, 5.74) is 0.999. The largest absolute Gasteiger partial charge is 0.493 e. The van der Waals surface area contributed by atoms with Gasteiger partial charge in [0.15, 0.2) is 11.5 Å². The van der Waals surface area contributed by atoms with Gasteiger partial charge in [0, 0.05) is 32.8 Å². The second kappa shape index (κ2) is 7.86. The van der Waals surface area contributed by atoms with Gasteiger partial charge in [-0.1, -0.05) is 0 Å². The quantitative estimate of drug-likeness (QED) is 0.754. The van der Waals surface area contributed by atoms with Crippen LogP contribution in [0.4, 0.5) is 5.69 Å². The summed E-state index contributed by atoms with van der Waals surface area (Å²) in [7, 11) is 7.44. The molecule has 9 heteroatoms. The molecule has 4 amide bonds. The van der Waals surface area contributed by atoms with Crippen LogP contribution in [0.5, 0.6) is 11.5 Å². The molecule has 2 aromatic carbocycles. The van der Waals surface area contributed by atoms with Gasteiger partial charge in [-0.25, -0.2) is 0 Å². The molecule has 0 aliphatic carbocycles. The first-order valence-corrected chi connectivity index (χ1v) is 8.95. The monoisotopic (exact) mass is 411 g/mol. The second-order valence-corrected chi connectivity index (χ2v) is 6.84. The molecule has 0 fully saturated rings. The average Bonchev–Trinajstić information content (AvgIpc) is 2.96. The molecule has 1 aliphatic heterocycles. The number of benzene rings is 2. The molecule has 0 atom stereocenters. The van der Waals surface area contributed by atoms with Gasteiger partial charge in [0.2, 0.25) is 0 Å². The summed E-state index contributed by atoms with van der Waals surface area (Å²) in [6, 6.07) is 7.23. The van der Waals surface area contributed by atoms with E-state index in [1.165, 1.54) is 56.5 Å². The van der Waals surface area contributed by atoms with Gasteiger partial charge in [-0.3, -0.25) is 24.1 Å². The summed E-state index contributed by atoms with van der Waals surface area (Å²) in [6.45, 7) is 0. The molecule has 0 spiro atoms. The molecule has 156 valence electrons. The minimum atomic E-state index is -0.548. The van der Waals surface area contributed by atoms with Crippen molar-refractivity contribution in [2.75, 3.05) is 40.7 Å². The Morgan fingerprint density at radius 2 is 1.53 bits per heavy atom. The number of rotatable bonds is 5. The Balaban J connectivity index is 2.00. The average molecular weight is 411 g/mol. The third-order valence-corrected chi connectivity index (χ3v) is 4.76. The van der Waals surface area contributed by atoms with E-state index in [1.54, 1.807) is 14.1 Å². The van der Waals surface area contributed by atoms with Crippen LogP contribution in [0, 0.1) is 0 Å². The Bertz CT molecular complexity index is 1080. The predicted molar refractivity (Wildman–Crippen MR) is 108 cm³/mol. The number of hydrogen-bond donors (Lipinski definition) is 1. The van der Waals surface area contributed by atoms with Crippen LogP contribution in [0.3, 0.4) is 0 Å². The topological polar surface area (TPSA) is 105 Å². The molecule has 0 radical (unpaired) electrons. The number of fused-ring (bicyclic) bond motifs is 1. The maximum atomic E-state index is 12.9. The molecule has 3 rings (SSSR count). The highest BCUT2D eigenvalue weighted by atomic mass is 16.5. The van der Waals surface area contributed by atoms with Crippen molar-refractivity contribution in [3.63, 3.8) is 0 Å². The minimum absolute atomic E-state index is 0.159. The van der Waals surface area contributed by atoms with Crippen molar-refractivity contribution < 1.29 is 28.7 Å². The van der Waals surface area contributed by atoms with E-state index in [1.807, 2.05) is 0 Å². The van der Waals surface area contributed by atoms with E-state index in [0.29, 0.717) is 11.5 Å². The molecule has 0 aromatic heterocycles. The third-order valence-electron chi connectivity index (χ3n) is 4.76. The molecule has 0 saturated carbocycles. The molecule has 9 nitrogen and oxygen atoms in total. The Morgan fingerprint density at radius 3 is 2.13 bits per heavy atom. The fraction of sp³-hybridized carbons (Fsp3) is 0.238. The lowest BCUT2D eigenvalue weighted by molar-refractivity contribution is 0.0692. The first-order valence-electron chi connectivity index (χ1n) is 8.95. The molecule has 0 saturated heterocycles. The number of carbonyl (C=O) groups excluding carboxylic acids is 4. The zero-order chi connectivity index (χ0) is 22.2. The van der Waals surface area contributed by atoms with Crippen LogP contribution >= 0.6 is 0 Å². The van der Waals surface area contributed by atoms with Gasteiger partial charge in [0.05, 0.1) is 36.6 Å². The van der Waals surface area contributed by atoms with Crippen LogP contribution in [-0.4, -0.2) is 68.8 Å². The van der Waals surface area contributed by atoms with Crippen molar-refractivity contribution in [1.29, 1.82) is 0 Å². The summed E-state index contributed by atoms with van der Waals surface area (Å²) >= 11 is 0. The zero-order valence-electron chi connectivity index (χ0n) is 17.2. The lowest BCUT2D eigenvalue weighted by atomic mass is 10.0. The van der Waals surface area contributed by atoms with E-state index in [0.717, 1.165) is 4.90 Å². The Hall–Kier alpha value is -3.88. The molecule has 1 aliphatic rings. The number of ether oxygens (including phenoxy) is 2. The number of carbonyl (C=O) groups is 4. The Kier molecular flexibility index (Phi) is 5.46. The predicted octanol–water partition coefficient (Wildman–Crippen LogP) is 1.88. The van der Waals surface area contributed by atoms with Crippen molar-refractivity contribution >= 4 is 29.3 Å². The molecule has 0 unspecified atom stereocenters. The molecule has 30 heavy (non-hydrogen) atoms. The molecule has 2 aromatic rings. The number of imide groups is 1. The van der Waals surface area contributed by atoms with Gasteiger partial charge in [-0.2, -0.15) is 0 Å². The van der Waals surface area contributed by atoms with E-state index in [-0.39, 0.29) is 33.8 Å². The van der Waals surface area contributed by atoms with Crippen LogP contribution in [0.25, 0.3) is 0 Å². The Morgan fingerprint density at radius 1 is 0.933 bits per heavy atom. The van der Waals surface area contributed by atoms with Gasteiger partial charge in [-0.05, 0) is 24.3 Å². The summed E-state index contributed by atoms with van der Waals surface area (Å²) in [5.74, 6) is -1.11. The molecule has 0 bridgehead atoms. The minimum Gasteiger partial charge on any atom is -0.493 e. The normalized spacial score (nSPS) is 12.5. The Labute approximate surface area is 173 Å². The number of nitrogens with one attached hydrogen (secondary N) is 1. The van der Waals surface area contributed by atoms with Gasteiger partial charge < -0.3 is 19.7 Å². The van der Waals surface area contributed by atoms with Crippen molar-refractivity contribution in [1.82, 2.24) is 9.80 Å². The van der Waals surface area contributed by atoms with Crippen molar-refractivity contribution in [2.24, 2.45) is 0 Å². The van der Waals surface area contributed by atoms with Gasteiger partial charge in [0.1, 0.15) is 0 Å². The second-order valence-electron chi connectivity index (χ2n) is 6.84. The molecule has 1 N–H and O–H groups in total. The highest BCUT2D eigenvalue weighted by Crippen LogP contribution is 2.34. The van der Waals surface area contributed by atoms with E-state index in [2.05, 4.69) is 5.32 Å². The van der Waals surface area contributed by atoms with Gasteiger partial charge >= 0.3 is 0 Å². The fourth-order valence-corrected chi connectivity index (χ4v) is 3.10. The van der Waals surface area contributed by atoms with E-state index in [9.17, 15) is 19.2 Å². The maximum absolute atomic E-state index is 12.9. The summed E-state index contributed by atoms with van der Waals surface area (Å²) in [4.78, 5) is 52.1. The van der Waals surface area contributed by atoms with Crippen LogP contribution in [-0.2, 0) is 0 Å². The highest BCUT2D eigenvalue weighted by molar-refractivity contribution is 6.22. The van der Waals surface area contributed by atoms with Crippen molar-refractivity contribution in [3.8, 4) is 11.5 Å². The standard InChI is InChI=1S/C21H21N3O6/c1-23(2)19(26)14-9-16(29-4)17(30-5)10-15(14)22-18(25)11-6-7-12-13(8-11)21(28)24(3)20(12)27/h6-10H,1-5H3,(H,22,25). The number of methoxy groups -OCH3 is 2. The lowest BCUT2D eigenvalue weighted by Gasteiger charge is -2.18. The van der Waals surface area contributed by atoms with Gasteiger partial charge in [0.25, 0.3) is 23.6 Å². The van der Waals surface area contributed by atoms with E-state index >= 15 is 0 Å². The van der Waals surface area contributed by atoms with Crippen molar-refractivity contribution in [2.45, 2.75) is 0 Å². The van der Waals surface area contributed by atoms with Crippen LogP contribution in [0.15, 0.2) is 30.3 Å². The molecule has 1 heterocycles. The zero-order valence-corrected chi connectivity index (χ0v) is 17.2. The number of nitrogens with zero attached hydrogens (tertiary/aromatic N) is 2. The number of anilines is 1. The third kappa shape index (κ3) is 3.45. The van der Waals surface area contributed by atoms with Crippen LogP contribution in [0.1, 0.15) is 41.4 Å². The maximum Gasteiger partial charge on any atom is 0.261 e. The van der Waals surface area contributed by atoms with Crippen LogP contribution in [0.2, 0.25) is 0 Å². The lowest BCUT2D eigenvalue weighted by Crippen LogP contribution is -2.24. The summed E-state index contributed by atoms with van der Waals surface area (Å²) in [6.07, 6.45) is 0. The number of hydrogen-bond acceptors (Lipinski definition) is 6. The van der Waals surface area contributed by atoms with Gasteiger partial charge in [-0.15, -0.1) is 0 Å². The van der Waals surface area contributed by atoms with E-state index in [4.69, 9.17) is 9.47 Å². The fourth-order valence-electron chi connectivity index (χ4n) is 3.10. The van der Waals surface area contributed by atoms with E-state index < -0.39 is 17.7 Å². The van der Waals surface area contributed by atoms with Crippen LogP contribution < -0.4 is 14.8 Å². The van der Waals surface area contributed by atoms with Crippen molar-refractivity contribution in [3.05, 3.63) is 52.6 Å². The summed E-state index contributed by atoms with van der Waals surface area (Å²) < 4.78 is 10.5. The summed E-state index contributed by atoms with van der Waals surface area (Å²) in [5, 5.41) is 2.69. The first kappa shape index (κ1) is 20.8. The smallest absolute Gasteiger partial charge is 0.261 e. The molecular weight excluding hydrogens is 390 g/mol. The molecular formula is C21H21N3O6. The first-order chi connectivity index (χ1) is 14.2.